The molecular formula is C46H85NO8. The second-order valence-electron chi connectivity index (χ2n) is 15.8. The molecule has 322 valence electrons. The van der Waals surface area contributed by atoms with E-state index in [1.807, 2.05) is 6.08 Å². The number of carbonyl (C=O) groups excluding carboxylic acids is 1. The minimum absolute atomic E-state index is 0.192. The molecule has 1 heterocycles. The van der Waals surface area contributed by atoms with E-state index >= 15 is 0 Å². The predicted octanol–water partition coefficient (Wildman–Crippen LogP) is 9.28. The molecule has 9 heteroatoms. The van der Waals surface area contributed by atoms with Gasteiger partial charge in [-0.2, -0.15) is 0 Å². The van der Waals surface area contributed by atoms with Crippen molar-refractivity contribution in [3.63, 3.8) is 0 Å². The Morgan fingerprint density at radius 3 is 1.60 bits per heavy atom. The Morgan fingerprint density at radius 1 is 0.618 bits per heavy atom. The Labute approximate surface area is 336 Å². The summed E-state index contributed by atoms with van der Waals surface area (Å²) in [5.41, 5.74) is 0. The molecule has 9 nitrogen and oxygen atoms in total. The number of hydrogen-bond donors (Lipinski definition) is 6. The minimum atomic E-state index is -1.57. The Morgan fingerprint density at radius 2 is 1.07 bits per heavy atom. The Hall–Kier alpha value is -1.59. The molecule has 0 aliphatic carbocycles. The topological polar surface area (TPSA) is 149 Å². The lowest BCUT2D eigenvalue weighted by Gasteiger charge is -2.40. The van der Waals surface area contributed by atoms with Crippen molar-refractivity contribution in [2.24, 2.45) is 0 Å². The van der Waals surface area contributed by atoms with Crippen molar-refractivity contribution < 1.29 is 39.8 Å². The van der Waals surface area contributed by atoms with Gasteiger partial charge in [-0.05, 0) is 51.4 Å². The third-order valence-corrected chi connectivity index (χ3v) is 10.7. The van der Waals surface area contributed by atoms with E-state index in [0.717, 1.165) is 64.2 Å². The van der Waals surface area contributed by atoms with Gasteiger partial charge in [-0.1, -0.05) is 172 Å². The first-order valence-corrected chi connectivity index (χ1v) is 22.7. The Balaban J connectivity index is 2.39. The van der Waals surface area contributed by atoms with Crippen molar-refractivity contribution in [3.8, 4) is 0 Å². The van der Waals surface area contributed by atoms with E-state index in [9.17, 15) is 30.3 Å². The molecule has 0 aromatic carbocycles. The molecule has 55 heavy (non-hydrogen) atoms. The van der Waals surface area contributed by atoms with Gasteiger partial charge in [0.05, 0.1) is 25.4 Å². The second kappa shape index (κ2) is 36.7. The van der Waals surface area contributed by atoms with Crippen molar-refractivity contribution in [1.29, 1.82) is 0 Å². The first kappa shape index (κ1) is 51.4. The van der Waals surface area contributed by atoms with Gasteiger partial charge in [-0.3, -0.25) is 4.79 Å². The number of nitrogens with one attached hydrogen (secondary N) is 1. The van der Waals surface area contributed by atoms with Crippen LogP contribution in [0.5, 0.6) is 0 Å². The third-order valence-electron chi connectivity index (χ3n) is 10.7. The molecule has 1 rings (SSSR count). The number of unbranched alkanes of at least 4 members (excludes halogenated alkanes) is 23. The molecule has 0 aromatic rings. The summed E-state index contributed by atoms with van der Waals surface area (Å²) >= 11 is 0. The van der Waals surface area contributed by atoms with E-state index in [2.05, 4.69) is 43.5 Å². The molecule has 1 aliphatic heterocycles. The summed E-state index contributed by atoms with van der Waals surface area (Å²) in [5.74, 6) is -0.192. The summed E-state index contributed by atoms with van der Waals surface area (Å²) in [7, 11) is 0. The molecule has 1 saturated heterocycles. The molecule has 0 spiro atoms. The molecule has 0 saturated carbocycles. The van der Waals surface area contributed by atoms with Crippen molar-refractivity contribution >= 4 is 5.91 Å². The summed E-state index contributed by atoms with van der Waals surface area (Å²) in [4.78, 5) is 12.9. The zero-order valence-corrected chi connectivity index (χ0v) is 35.2. The molecule has 0 bridgehead atoms. The van der Waals surface area contributed by atoms with Crippen LogP contribution in [-0.4, -0.2) is 87.5 Å². The number of amides is 1. The maximum absolute atomic E-state index is 12.9. The van der Waals surface area contributed by atoms with E-state index < -0.39 is 49.5 Å². The molecule has 0 radical (unpaired) electrons. The highest BCUT2D eigenvalue weighted by molar-refractivity contribution is 5.76. The quantitative estimate of drug-likeness (QED) is 0.0270. The van der Waals surface area contributed by atoms with Crippen molar-refractivity contribution in [2.75, 3.05) is 13.2 Å². The normalized spacial score (nSPS) is 21.6. The Bertz CT molecular complexity index is 956. The van der Waals surface area contributed by atoms with E-state index in [0.29, 0.717) is 6.42 Å². The monoisotopic (exact) mass is 780 g/mol. The lowest BCUT2D eigenvalue weighted by atomic mass is 9.99. The molecule has 7 unspecified atom stereocenters. The second-order valence-corrected chi connectivity index (χ2v) is 15.8. The van der Waals surface area contributed by atoms with E-state index in [1.54, 1.807) is 6.08 Å². The fourth-order valence-corrected chi connectivity index (χ4v) is 7.01. The predicted molar refractivity (Wildman–Crippen MR) is 226 cm³/mol. The molecule has 1 aliphatic rings. The maximum Gasteiger partial charge on any atom is 0.220 e. The van der Waals surface area contributed by atoms with Gasteiger partial charge in [0.25, 0.3) is 0 Å². The molecule has 1 amide bonds. The van der Waals surface area contributed by atoms with Crippen molar-refractivity contribution in [1.82, 2.24) is 5.32 Å². The maximum atomic E-state index is 12.9. The van der Waals surface area contributed by atoms with E-state index in [1.165, 1.54) is 109 Å². The van der Waals surface area contributed by atoms with Crippen molar-refractivity contribution in [2.45, 2.75) is 236 Å². The molecule has 7 atom stereocenters. The van der Waals surface area contributed by atoms with Crippen LogP contribution in [0.15, 0.2) is 36.5 Å². The van der Waals surface area contributed by atoms with Crippen LogP contribution in [0.2, 0.25) is 0 Å². The third kappa shape index (κ3) is 27.6. The summed E-state index contributed by atoms with van der Waals surface area (Å²) in [6.45, 7) is 3.73. The molecule has 1 fully saturated rings. The highest BCUT2D eigenvalue weighted by Crippen LogP contribution is 2.22. The summed E-state index contributed by atoms with van der Waals surface area (Å²) < 4.78 is 11.2. The molecular weight excluding hydrogens is 695 g/mol. The van der Waals surface area contributed by atoms with Crippen LogP contribution in [0.1, 0.15) is 194 Å². The van der Waals surface area contributed by atoms with Gasteiger partial charge in [0.2, 0.25) is 5.91 Å². The van der Waals surface area contributed by atoms with Gasteiger partial charge in [-0.25, -0.2) is 0 Å². The fourth-order valence-electron chi connectivity index (χ4n) is 7.01. The summed E-state index contributed by atoms with van der Waals surface area (Å²) in [6, 6.07) is -0.810. The van der Waals surface area contributed by atoms with E-state index in [4.69, 9.17) is 9.47 Å². The van der Waals surface area contributed by atoms with Gasteiger partial charge in [0.15, 0.2) is 6.29 Å². The van der Waals surface area contributed by atoms with Crippen LogP contribution in [0, 0.1) is 0 Å². The number of allylic oxidation sites excluding steroid dienone is 5. The average molecular weight is 780 g/mol. The summed E-state index contributed by atoms with van der Waals surface area (Å²) in [6.07, 6.45) is 37.5. The van der Waals surface area contributed by atoms with Crippen LogP contribution in [0.4, 0.5) is 0 Å². The van der Waals surface area contributed by atoms with Gasteiger partial charge in [0.1, 0.15) is 24.4 Å². The van der Waals surface area contributed by atoms with Gasteiger partial charge >= 0.3 is 0 Å². The van der Waals surface area contributed by atoms with Crippen LogP contribution in [-0.2, 0) is 14.3 Å². The Kier molecular flexibility index (Phi) is 34.3. The number of carbonyl (C=O) groups is 1. The number of rotatable bonds is 37. The van der Waals surface area contributed by atoms with Crippen LogP contribution in [0.3, 0.4) is 0 Å². The summed E-state index contributed by atoms with van der Waals surface area (Å²) in [5, 5.41) is 54.1. The molecule has 6 N–H and O–H groups in total. The first-order valence-electron chi connectivity index (χ1n) is 22.7. The van der Waals surface area contributed by atoms with Crippen LogP contribution >= 0.6 is 0 Å². The SMILES string of the molecule is CCCCC/C=C\C/C=C\CCCCCCCC(=O)NC(COC1OC(CO)C(O)C(O)C1O)C(O)/C=C/CCCCCCCCCCCCCCCCC. The molecule has 0 aromatic heterocycles. The minimum Gasteiger partial charge on any atom is -0.394 e. The van der Waals surface area contributed by atoms with Crippen LogP contribution < -0.4 is 5.32 Å². The number of aliphatic hydroxyl groups excluding tert-OH is 5. The van der Waals surface area contributed by atoms with Gasteiger partial charge in [0, 0.05) is 6.42 Å². The van der Waals surface area contributed by atoms with Gasteiger partial charge < -0.3 is 40.3 Å². The number of aliphatic hydroxyl groups is 5. The van der Waals surface area contributed by atoms with Gasteiger partial charge in [-0.15, -0.1) is 0 Å². The lowest BCUT2D eigenvalue weighted by Crippen LogP contribution is -2.60. The lowest BCUT2D eigenvalue weighted by molar-refractivity contribution is -0.302. The van der Waals surface area contributed by atoms with Crippen molar-refractivity contribution in [3.05, 3.63) is 36.5 Å². The average Bonchev–Trinajstić information content (AvgIpc) is 3.18. The number of hydrogen-bond acceptors (Lipinski definition) is 8. The largest absolute Gasteiger partial charge is 0.394 e. The van der Waals surface area contributed by atoms with E-state index in [-0.39, 0.29) is 12.5 Å². The zero-order valence-electron chi connectivity index (χ0n) is 35.2. The first-order chi connectivity index (χ1) is 26.8. The number of ether oxygens (including phenoxy) is 2. The van der Waals surface area contributed by atoms with Crippen LogP contribution in [0.25, 0.3) is 0 Å². The zero-order chi connectivity index (χ0) is 40.2. The highest BCUT2D eigenvalue weighted by Gasteiger charge is 2.44. The fraction of sp³-hybridized carbons (Fsp3) is 0.848. The standard InChI is InChI=1S/C46H85NO8/c1-3-5-7-9-11-13-15-17-19-20-22-23-25-27-29-31-33-35-40(49)39(38-54-46-45(53)44(52)43(51)41(37-48)55-46)47-42(50)36-34-32-30-28-26-24-21-18-16-14-12-10-8-6-4-2/h12,14,18,21,33,35,39-41,43-46,48-49,51-53H,3-11,13,15-17,19-20,22-32,34,36-38H2,1-2H3,(H,47,50)/b14-12-,21-18-,35-33+. The smallest absolute Gasteiger partial charge is 0.220 e. The highest BCUT2D eigenvalue weighted by atomic mass is 16.7.